The fraction of sp³-hybridized carbons (Fsp3) is 0.750. The highest BCUT2D eigenvalue weighted by atomic mass is 32.1. The topological polar surface area (TPSA) is 61.8 Å². The Morgan fingerprint density at radius 1 is 1.46 bits per heavy atom. The Morgan fingerprint density at radius 3 is 3.04 bits per heavy atom. The molecule has 2 fully saturated rings. The van der Waals surface area contributed by atoms with E-state index in [-0.39, 0.29) is 12.6 Å². The van der Waals surface area contributed by atoms with Crippen LogP contribution >= 0.6 is 11.3 Å². The van der Waals surface area contributed by atoms with Crippen molar-refractivity contribution in [2.45, 2.75) is 44.6 Å². The summed E-state index contributed by atoms with van der Waals surface area (Å²) < 4.78 is 43.7. The second-order valence-electron chi connectivity index (χ2n) is 6.45. The fourth-order valence-electron chi connectivity index (χ4n) is 3.22. The molecule has 3 rings (SSSR count). The smallest absolute Gasteiger partial charge is 0.373 e. The van der Waals surface area contributed by atoms with Gasteiger partial charge in [0.2, 0.25) is 0 Å². The lowest BCUT2D eigenvalue weighted by Crippen LogP contribution is -2.51. The molecule has 3 heterocycles. The summed E-state index contributed by atoms with van der Waals surface area (Å²) in [6.45, 7) is 6.12. The summed E-state index contributed by atoms with van der Waals surface area (Å²) in [5.41, 5.74) is -0.860. The van der Waals surface area contributed by atoms with Crippen LogP contribution in [0.5, 0.6) is 0 Å². The highest BCUT2D eigenvalue weighted by molar-refractivity contribution is 7.09. The molecule has 0 saturated carbocycles. The normalized spacial score (nSPS) is 24.5. The van der Waals surface area contributed by atoms with Crippen LogP contribution in [-0.4, -0.2) is 60.8 Å². The first-order valence-electron chi connectivity index (χ1n) is 8.85. The average molecular weight is 391 g/mol. The van der Waals surface area contributed by atoms with Gasteiger partial charge in [-0.15, -0.1) is 11.3 Å². The van der Waals surface area contributed by atoms with Crippen molar-refractivity contribution in [1.29, 1.82) is 0 Å². The Kier molecular flexibility index (Phi) is 6.36. The van der Waals surface area contributed by atoms with Gasteiger partial charge in [0.1, 0.15) is 5.01 Å². The number of ether oxygens (including phenoxy) is 1. The molecule has 146 valence electrons. The molecule has 0 radical (unpaired) electrons. The van der Waals surface area contributed by atoms with Gasteiger partial charge in [0.15, 0.2) is 11.7 Å². The van der Waals surface area contributed by atoms with E-state index in [1.54, 1.807) is 0 Å². The van der Waals surface area contributed by atoms with E-state index in [9.17, 15) is 13.2 Å². The Morgan fingerprint density at radius 2 is 2.31 bits per heavy atom. The number of aromatic nitrogens is 1. The molecule has 2 saturated heterocycles. The second-order valence-corrected chi connectivity index (χ2v) is 7.39. The van der Waals surface area contributed by atoms with Crippen LogP contribution < -0.4 is 10.6 Å². The minimum atomic E-state index is -4.41. The van der Waals surface area contributed by atoms with Crippen molar-refractivity contribution in [2.24, 2.45) is 4.99 Å². The van der Waals surface area contributed by atoms with E-state index in [4.69, 9.17) is 4.74 Å². The number of aliphatic imine (C=N–C) groups is 1. The monoisotopic (exact) mass is 391 g/mol. The number of morpholine rings is 1. The van der Waals surface area contributed by atoms with Crippen LogP contribution in [0, 0.1) is 0 Å². The Hall–Kier alpha value is -1.39. The zero-order valence-corrected chi connectivity index (χ0v) is 15.5. The van der Waals surface area contributed by atoms with Crippen molar-refractivity contribution in [3.05, 3.63) is 16.1 Å². The standard InChI is InChI=1S/C16H24F3N5OS/c1-2-20-15(22-7-14-23-13(10-26-14)16(17,18)19)21-6-12-8-24-5-3-4-11(24)9-25-12/h10-12H,2-9H2,1H3,(H2,20,21,22). The van der Waals surface area contributed by atoms with E-state index in [0.717, 1.165) is 36.4 Å². The number of nitrogens with one attached hydrogen (secondary N) is 2. The third-order valence-corrected chi connectivity index (χ3v) is 5.35. The highest BCUT2D eigenvalue weighted by Gasteiger charge is 2.34. The fourth-order valence-corrected chi connectivity index (χ4v) is 3.95. The zero-order valence-electron chi connectivity index (χ0n) is 14.7. The van der Waals surface area contributed by atoms with Crippen LogP contribution in [0.4, 0.5) is 13.2 Å². The maximum absolute atomic E-state index is 12.6. The van der Waals surface area contributed by atoms with Crippen LogP contribution in [0.2, 0.25) is 0 Å². The van der Waals surface area contributed by atoms with E-state index in [1.807, 2.05) is 6.92 Å². The molecule has 2 aliphatic rings. The van der Waals surface area contributed by atoms with Crippen molar-refractivity contribution in [3.63, 3.8) is 0 Å². The predicted octanol–water partition coefficient (Wildman–Crippen LogP) is 2.08. The number of nitrogens with zero attached hydrogens (tertiary/aromatic N) is 3. The largest absolute Gasteiger partial charge is 0.434 e. The number of rotatable bonds is 5. The Bertz CT molecular complexity index is 621. The quantitative estimate of drug-likeness (QED) is 0.595. The first kappa shape index (κ1) is 19.4. The van der Waals surface area contributed by atoms with Crippen LogP contribution in [0.1, 0.15) is 30.5 Å². The molecule has 2 N–H and O–H groups in total. The van der Waals surface area contributed by atoms with Crippen LogP contribution in [-0.2, 0) is 17.5 Å². The van der Waals surface area contributed by atoms with Gasteiger partial charge in [-0.1, -0.05) is 0 Å². The van der Waals surface area contributed by atoms with E-state index < -0.39 is 11.9 Å². The molecule has 0 amide bonds. The molecule has 1 aromatic rings. The second kappa shape index (κ2) is 8.53. The number of hydrogen-bond acceptors (Lipinski definition) is 5. The van der Waals surface area contributed by atoms with Gasteiger partial charge < -0.3 is 15.4 Å². The van der Waals surface area contributed by atoms with Gasteiger partial charge in [0.05, 0.1) is 19.3 Å². The molecule has 2 atom stereocenters. The van der Waals surface area contributed by atoms with Gasteiger partial charge in [-0.2, -0.15) is 13.2 Å². The van der Waals surface area contributed by atoms with Gasteiger partial charge >= 0.3 is 6.18 Å². The number of fused-ring (bicyclic) bond motifs is 1. The average Bonchev–Trinajstić information content (AvgIpc) is 3.25. The predicted molar refractivity (Wildman–Crippen MR) is 94.3 cm³/mol. The number of hydrogen-bond donors (Lipinski definition) is 2. The van der Waals surface area contributed by atoms with Gasteiger partial charge in [0, 0.05) is 31.1 Å². The van der Waals surface area contributed by atoms with E-state index >= 15 is 0 Å². The van der Waals surface area contributed by atoms with Crippen molar-refractivity contribution < 1.29 is 17.9 Å². The first-order valence-corrected chi connectivity index (χ1v) is 9.73. The van der Waals surface area contributed by atoms with Crippen LogP contribution in [0.25, 0.3) is 0 Å². The van der Waals surface area contributed by atoms with E-state index in [2.05, 4.69) is 25.5 Å². The lowest BCUT2D eigenvalue weighted by molar-refractivity contribution is -0.140. The van der Waals surface area contributed by atoms with Crippen molar-refractivity contribution in [1.82, 2.24) is 20.5 Å². The van der Waals surface area contributed by atoms with Gasteiger partial charge in [-0.25, -0.2) is 9.98 Å². The van der Waals surface area contributed by atoms with Gasteiger partial charge in [0.25, 0.3) is 0 Å². The summed E-state index contributed by atoms with van der Waals surface area (Å²) in [6.07, 6.45) is -1.89. The number of alkyl halides is 3. The number of thiazole rings is 1. The lowest BCUT2D eigenvalue weighted by atomic mass is 10.2. The molecule has 10 heteroatoms. The van der Waals surface area contributed by atoms with Crippen LogP contribution in [0.3, 0.4) is 0 Å². The van der Waals surface area contributed by atoms with Gasteiger partial charge in [-0.3, -0.25) is 4.90 Å². The molecule has 1 aromatic heterocycles. The molecular formula is C16H24F3N5OS. The highest BCUT2D eigenvalue weighted by Crippen LogP contribution is 2.30. The number of halogens is 3. The van der Waals surface area contributed by atoms with Crippen molar-refractivity contribution in [2.75, 3.05) is 32.8 Å². The molecule has 0 bridgehead atoms. The summed E-state index contributed by atoms with van der Waals surface area (Å²) in [5, 5.41) is 7.68. The summed E-state index contributed by atoms with van der Waals surface area (Å²) >= 11 is 0.968. The maximum Gasteiger partial charge on any atom is 0.434 e. The SMILES string of the molecule is CCNC(=NCc1nc(C(F)(F)F)cs1)NCC1CN2CCCC2CO1. The third-order valence-electron chi connectivity index (χ3n) is 4.52. The molecule has 0 aliphatic carbocycles. The summed E-state index contributed by atoms with van der Waals surface area (Å²) in [6, 6.07) is 0.556. The van der Waals surface area contributed by atoms with E-state index in [0.29, 0.717) is 30.1 Å². The Balaban J connectivity index is 1.51. The summed E-state index contributed by atoms with van der Waals surface area (Å²) in [4.78, 5) is 10.4. The molecule has 2 aliphatic heterocycles. The van der Waals surface area contributed by atoms with E-state index in [1.165, 1.54) is 12.8 Å². The molecule has 0 aromatic carbocycles. The third kappa shape index (κ3) is 5.08. The molecule has 0 spiro atoms. The molecule has 6 nitrogen and oxygen atoms in total. The Labute approximate surface area is 154 Å². The maximum atomic E-state index is 12.6. The summed E-state index contributed by atoms with van der Waals surface area (Å²) in [7, 11) is 0. The summed E-state index contributed by atoms with van der Waals surface area (Å²) in [5.74, 6) is 0.559. The van der Waals surface area contributed by atoms with Crippen molar-refractivity contribution in [3.8, 4) is 0 Å². The molecule has 2 unspecified atom stereocenters. The first-order chi connectivity index (χ1) is 12.5. The molecule has 26 heavy (non-hydrogen) atoms. The molecular weight excluding hydrogens is 367 g/mol. The zero-order chi connectivity index (χ0) is 18.6. The van der Waals surface area contributed by atoms with Gasteiger partial charge in [-0.05, 0) is 26.3 Å². The number of guanidine groups is 1. The van der Waals surface area contributed by atoms with Crippen molar-refractivity contribution >= 4 is 17.3 Å². The van der Waals surface area contributed by atoms with Crippen LogP contribution in [0.15, 0.2) is 10.4 Å². The lowest BCUT2D eigenvalue weighted by Gasteiger charge is -2.35. The minimum absolute atomic E-state index is 0.0879. The minimum Gasteiger partial charge on any atom is -0.373 e.